The average molecular weight is 261 g/mol. The molecule has 0 heterocycles. The summed E-state index contributed by atoms with van der Waals surface area (Å²) in [6.45, 7) is 2.07. The van der Waals surface area contributed by atoms with Crippen LogP contribution in [0.3, 0.4) is 0 Å². The van der Waals surface area contributed by atoms with E-state index in [1.165, 1.54) is 6.07 Å². The van der Waals surface area contributed by atoms with Crippen LogP contribution in [-0.4, -0.2) is 0 Å². The Balaban J connectivity index is 2.97. The van der Waals surface area contributed by atoms with Crippen LogP contribution in [0.15, 0.2) is 22.7 Å². The molecule has 0 spiro atoms. The molecule has 1 atom stereocenters. The minimum atomic E-state index is -0.251. The van der Waals surface area contributed by atoms with E-state index < -0.39 is 0 Å². The van der Waals surface area contributed by atoms with E-state index in [-0.39, 0.29) is 11.9 Å². The van der Waals surface area contributed by atoms with E-state index in [0.29, 0.717) is 4.47 Å². The van der Waals surface area contributed by atoms with E-state index >= 15 is 0 Å². The number of hydrazine groups is 1. The largest absolute Gasteiger partial charge is 0.271 e. The lowest BCUT2D eigenvalue weighted by atomic mass is 10.0. The summed E-state index contributed by atoms with van der Waals surface area (Å²) in [4.78, 5) is 0. The summed E-state index contributed by atoms with van der Waals surface area (Å²) in [6, 6.07) is 4.99. The molecule has 0 saturated heterocycles. The first kappa shape index (κ1) is 11.6. The van der Waals surface area contributed by atoms with Gasteiger partial charge in [-0.3, -0.25) is 11.3 Å². The van der Waals surface area contributed by atoms with Gasteiger partial charge in [0.1, 0.15) is 5.82 Å². The third-order valence-electron chi connectivity index (χ3n) is 2.14. The van der Waals surface area contributed by atoms with Crippen LogP contribution in [-0.2, 0) is 0 Å². The van der Waals surface area contributed by atoms with Crippen molar-refractivity contribution in [2.24, 2.45) is 5.84 Å². The molecule has 3 N–H and O–H groups in total. The van der Waals surface area contributed by atoms with Crippen LogP contribution in [0.2, 0.25) is 0 Å². The van der Waals surface area contributed by atoms with Gasteiger partial charge in [0.25, 0.3) is 0 Å². The second-order valence-electron chi connectivity index (χ2n) is 3.15. The number of rotatable bonds is 4. The molecule has 0 saturated carbocycles. The highest BCUT2D eigenvalue weighted by atomic mass is 79.9. The first-order valence-corrected chi connectivity index (χ1v) is 5.40. The van der Waals surface area contributed by atoms with Gasteiger partial charge in [-0.15, -0.1) is 0 Å². The van der Waals surface area contributed by atoms with E-state index in [0.717, 1.165) is 18.4 Å². The number of hydrogen-bond donors (Lipinski definition) is 2. The Morgan fingerprint density at radius 2 is 2.29 bits per heavy atom. The first-order valence-electron chi connectivity index (χ1n) is 4.60. The van der Waals surface area contributed by atoms with E-state index in [4.69, 9.17) is 5.84 Å². The Bertz CT molecular complexity index is 304. The Hall–Kier alpha value is -0.450. The molecular formula is C10H14BrFN2. The summed E-state index contributed by atoms with van der Waals surface area (Å²) in [7, 11) is 0. The highest BCUT2D eigenvalue weighted by Crippen LogP contribution is 2.27. The van der Waals surface area contributed by atoms with Crippen molar-refractivity contribution >= 4 is 15.9 Å². The fraction of sp³-hybridized carbons (Fsp3) is 0.400. The van der Waals surface area contributed by atoms with Gasteiger partial charge in [0.05, 0.1) is 4.47 Å². The summed E-state index contributed by atoms with van der Waals surface area (Å²) in [5, 5.41) is 0. The third kappa shape index (κ3) is 2.53. The summed E-state index contributed by atoms with van der Waals surface area (Å²) in [5.74, 6) is 5.17. The fourth-order valence-corrected chi connectivity index (χ4v) is 1.95. The van der Waals surface area contributed by atoms with Gasteiger partial charge in [0.15, 0.2) is 0 Å². The molecule has 1 aromatic rings. The zero-order valence-electron chi connectivity index (χ0n) is 8.06. The van der Waals surface area contributed by atoms with Crippen LogP contribution in [0.1, 0.15) is 31.4 Å². The predicted molar refractivity (Wildman–Crippen MR) is 59.1 cm³/mol. The molecule has 0 aliphatic rings. The molecular weight excluding hydrogens is 247 g/mol. The normalized spacial score (nSPS) is 12.9. The van der Waals surface area contributed by atoms with Gasteiger partial charge >= 0.3 is 0 Å². The molecule has 0 bridgehead atoms. The SMILES string of the molecule is CCCC(NN)c1cccc(F)c1Br. The highest BCUT2D eigenvalue weighted by molar-refractivity contribution is 9.10. The molecule has 0 amide bonds. The van der Waals surface area contributed by atoms with Gasteiger partial charge in [-0.2, -0.15) is 0 Å². The van der Waals surface area contributed by atoms with Crippen LogP contribution in [0, 0.1) is 5.82 Å². The Kier molecular flexibility index (Phi) is 4.51. The summed E-state index contributed by atoms with van der Waals surface area (Å²) >= 11 is 3.22. The number of benzene rings is 1. The standard InChI is InChI=1S/C10H14BrFN2/c1-2-4-9(14-13)7-5-3-6-8(12)10(7)11/h3,5-6,9,14H,2,4,13H2,1H3. The summed E-state index contributed by atoms with van der Waals surface area (Å²) < 4.78 is 13.7. The quantitative estimate of drug-likeness (QED) is 0.646. The van der Waals surface area contributed by atoms with Gasteiger partial charge in [-0.1, -0.05) is 25.5 Å². The number of nitrogens with one attached hydrogen (secondary N) is 1. The van der Waals surface area contributed by atoms with E-state index in [2.05, 4.69) is 28.3 Å². The predicted octanol–water partition coefficient (Wildman–Crippen LogP) is 2.89. The molecule has 0 fully saturated rings. The fourth-order valence-electron chi connectivity index (χ4n) is 1.41. The lowest BCUT2D eigenvalue weighted by Crippen LogP contribution is -2.28. The van der Waals surface area contributed by atoms with Gasteiger partial charge in [-0.25, -0.2) is 4.39 Å². The van der Waals surface area contributed by atoms with Crippen molar-refractivity contribution in [1.82, 2.24) is 5.43 Å². The zero-order valence-corrected chi connectivity index (χ0v) is 9.64. The van der Waals surface area contributed by atoms with Crippen molar-refractivity contribution in [3.8, 4) is 0 Å². The number of hydrogen-bond acceptors (Lipinski definition) is 2. The lowest BCUT2D eigenvalue weighted by molar-refractivity contribution is 0.503. The minimum Gasteiger partial charge on any atom is -0.271 e. The second kappa shape index (κ2) is 5.44. The molecule has 14 heavy (non-hydrogen) atoms. The molecule has 4 heteroatoms. The van der Waals surface area contributed by atoms with Crippen LogP contribution in [0.4, 0.5) is 4.39 Å². The molecule has 0 radical (unpaired) electrons. The first-order chi connectivity index (χ1) is 6.70. The average Bonchev–Trinajstić information content (AvgIpc) is 2.19. The maximum Gasteiger partial charge on any atom is 0.137 e. The number of halogens is 2. The molecule has 0 aliphatic carbocycles. The Morgan fingerprint density at radius 1 is 1.57 bits per heavy atom. The Labute approximate surface area is 91.8 Å². The molecule has 1 unspecified atom stereocenters. The van der Waals surface area contributed by atoms with Crippen LogP contribution in [0.25, 0.3) is 0 Å². The Morgan fingerprint density at radius 3 is 2.86 bits per heavy atom. The van der Waals surface area contributed by atoms with Crippen molar-refractivity contribution < 1.29 is 4.39 Å². The zero-order chi connectivity index (χ0) is 10.6. The monoisotopic (exact) mass is 260 g/mol. The van der Waals surface area contributed by atoms with Crippen LogP contribution >= 0.6 is 15.9 Å². The van der Waals surface area contributed by atoms with Gasteiger partial charge in [0.2, 0.25) is 0 Å². The van der Waals surface area contributed by atoms with Crippen LogP contribution in [0.5, 0.6) is 0 Å². The van der Waals surface area contributed by atoms with Gasteiger partial charge in [-0.05, 0) is 34.0 Å². The topological polar surface area (TPSA) is 38.0 Å². The smallest absolute Gasteiger partial charge is 0.137 e. The van der Waals surface area contributed by atoms with Crippen molar-refractivity contribution in [3.63, 3.8) is 0 Å². The van der Waals surface area contributed by atoms with Crippen molar-refractivity contribution in [1.29, 1.82) is 0 Å². The molecule has 78 valence electrons. The third-order valence-corrected chi connectivity index (χ3v) is 2.97. The summed E-state index contributed by atoms with van der Waals surface area (Å²) in [5.41, 5.74) is 3.56. The molecule has 1 aromatic carbocycles. The van der Waals surface area contributed by atoms with Crippen molar-refractivity contribution in [2.75, 3.05) is 0 Å². The van der Waals surface area contributed by atoms with Crippen molar-refractivity contribution in [3.05, 3.63) is 34.1 Å². The maximum absolute atomic E-state index is 13.2. The second-order valence-corrected chi connectivity index (χ2v) is 3.94. The van der Waals surface area contributed by atoms with Gasteiger partial charge in [0, 0.05) is 6.04 Å². The molecule has 0 aromatic heterocycles. The molecule has 0 aliphatic heterocycles. The maximum atomic E-state index is 13.2. The van der Waals surface area contributed by atoms with E-state index in [1.54, 1.807) is 6.07 Å². The summed E-state index contributed by atoms with van der Waals surface area (Å²) in [6.07, 6.45) is 1.89. The number of nitrogens with two attached hydrogens (primary N) is 1. The minimum absolute atomic E-state index is 0.00470. The van der Waals surface area contributed by atoms with Crippen molar-refractivity contribution in [2.45, 2.75) is 25.8 Å². The van der Waals surface area contributed by atoms with Crippen LogP contribution < -0.4 is 11.3 Å². The van der Waals surface area contributed by atoms with E-state index in [9.17, 15) is 4.39 Å². The van der Waals surface area contributed by atoms with E-state index in [1.807, 2.05) is 6.07 Å². The van der Waals surface area contributed by atoms with Gasteiger partial charge < -0.3 is 0 Å². The molecule has 2 nitrogen and oxygen atoms in total. The highest BCUT2D eigenvalue weighted by Gasteiger charge is 2.13. The lowest BCUT2D eigenvalue weighted by Gasteiger charge is -2.17. The molecule has 1 rings (SSSR count).